The molecule has 0 radical (unpaired) electrons. The van der Waals surface area contributed by atoms with Crippen LogP contribution in [0.2, 0.25) is 0 Å². The minimum Gasteiger partial charge on any atom is -0.370 e. The number of unbranched alkanes of at least 4 members (excludes halogenated alkanes) is 1. The summed E-state index contributed by atoms with van der Waals surface area (Å²) in [6.45, 7) is 3.75. The maximum absolute atomic E-state index is 5.84. The molecule has 1 aromatic heterocycles. The number of aliphatic imine (C=N–C) groups is 1. The second-order valence-electron chi connectivity index (χ2n) is 4.50. The van der Waals surface area contributed by atoms with E-state index in [0.717, 1.165) is 19.4 Å². The Balaban J connectivity index is 2.49. The van der Waals surface area contributed by atoms with Crippen molar-refractivity contribution < 1.29 is 0 Å². The number of nitrogens with zero attached hydrogens (tertiary/aromatic N) is 2. The number of hydrogen-bond acceptors (Lipinski definition) is 3. The zero-order valence-corrected chi connectivity index (χ0v) is 12.3. The Hall–Kier alpha value is -1.07. The largest absolute Gasteiger partial charge is 0.370 e. The van der Waals surface area contributed by atoms with Gasteiger partial charge in [0.15, 0.2) is 5.96 Å². The maximum Gasteiger partial charge on any atom is 0.188 e. The van der Waals surface area contributed by atoms with Crippen LogP contribution in [0.15, 0.2) is 22.5 Å². The molecule has 0 aromatic carbocycles. The van der Waals surface area contributed by atoms with Crippen molar-refractivity contribution in [1.29, 1.82) is 0 Å². The van der Waals surface area contributed by atoms with E-state index in [1.54, 1.807) is 11.3 Å². The van der Waals surface area contributed by atoms with E-state index in [4.69, 9.17) is 5.73 Å². The second kappa shape index (κ2) is 8.11. The van der Waals surface area contributed by atoms with E-state index >= 15 is 0 Å². The molecule has 5 heteroatoms. The fraction of sp³-hybridized carbons (Fsp3) is 0.615. The van der Waals surface area contributed by atoms with Crippen molar-refractivity contribution >= 4 is 17.3 Å². The Morgan fingerprint density at radius 3 is 2.89 bits per heavy atom. The highest BCUT2D eigenvalue weighted by Gasteiger charge is 2.14. The zero-order valence-electron chi connectivity index (χ0n) is 11.5. The lowest BCUT2D eigenvalue weighted by Crippen LogP contribution is -2.33. The van der Waals surface area contributed by atoms with Crippen molar-refractivity contribution in [2.24, 2.45) is 10.7 Å². The molecule has 1 atom stereocenters. The summed E-state index contributed by atoms with van der Waals surface area (Å²) in [5.74, 6) is 0.548. The van der Waals surface area contributed by atoms with Gasteiger partial charge < -0.3 is 16.0 Å². The predicted molar refractivity (Wildman–Crippen MR) is 80.1 cm³/mol. The summed E-state index contributed by atoms with van der Waals surface area (Å²) in [7, 11) is 4.14. The number of nitrogens with one attached hydrogen (secondary N) is 1. The minimum absolute atomic E-state index is 0.302. The average molecular weight is 268 g/mol. The molecule has 0 aliphatic carbocycles. The first kappa shape index (κ1) is 15.0. The normalized spacial score (nSPS) is 13.9. The van der Waals surface area contributed by atoms with Gasteiger partial charge in [0.1, 0.15) is 0 Å². The summed E-state index contributed by atoms with van der Waals surface area (Å²) in [6.07, 6.45) is 2.29. The zero-order chi connectivity index (χ0) is 13.4. The standard InChI is InChI=1S/C13H24N4S/c1-4-5-8-15-13(14)16-10-11(17(2)3)12-7-6-9-18-12/h6-7,9,11H,4-5,8,10H2,1-3H3,(H3,14,15,16). The summed E-state index contributed by atoms with van der Waals surface area (Å²) >= 11 is 1.76. The van der Waals surface area contributed by atoms with Gasteiger partial charge >= 0.3 is 0 Å². The molecule has 18 heavy (non-hydrogen) atoms. The third kappa shape index (κ3) is 5.06. The van der Waals surface area contributed by atoms with Gasteiger partial charge in [-0.2, -0.15) is 0 Å². The molecule has 1 rings (SSSR count). The lowest BCUT2D eigenvalue weighted by molar-refractivity contribution is 0.310. The molecule has 0 amide bonds. The van der Waals surface area contributed by atoms with E-state index in [2.05, 4.69) is 53.7 Å². The Labute approximate surface area is 114 Å². The van der Waals surface area contributed by atoms with Crippen LogP contribution >= 0.6 is 11.3 Å². The van der Waals surface area contributed by atoms with Gasteiger partial charge in [0.2, 0.25) is 0 Å². The molecule has 0 bridgehead atoms. The molecule has 0 aliphatic rings. The maximum atomic E-state index is 5.84. The first-order valence-electron chi connectivity index (χ1n) is 6.38. The smallest absolute Gasteiger partial charge is 0.188 e. The topological polar surface area (TPSA) is 53.6 Å². The number of rotatable bonds is 7. The third-order valence-electron chi connectivity index (χ3n) is 2.77. The highest BCUT2D eigenvalue weighted by molar-refractivity contribution is 7.10. The van der Waals surface area contributed by atoms with Crippen LogP contribution in [0.1, 0.15) is 30.7 Å². The summed E-state index contributed by atoms with van der Waals surface area (Å²) < 4.78 is 0. The third-order valence-corrected chi connectivity index (χ3v) is 3.74. The molecule has 1 heterocycles. The van der Waals surface area contributed by atoms with Crippen LogP contribution in [0.5, 0.6) is 0 Å². The Morgan fingerprint density at radius 1 is 1.56 bits per heavy atom. The quantitative estimate of drug-likeness (QED) is 0.452. The van der Waals surface area contributed by atoms with Crippen molar-refractivity contribution in [1.82, 2.24) is 10.2 Å². The fourth-order valence-corrected chi connectivity index (χ4v) is 2.54. The van der Waals surface area contributed by atoms with Crippen LogP contribution in [0.4, 0.5) is 0 Å². The van der Waals surface area contributed by atoms with Gasteiger partial charge in [0.05, 0.1) is 12.6 Å². The van der Waals surface area contributed by atoms with E-state index in [1.807, 2.05) is 0 Å². The molecule has 1 unspecified atom stereocenters. The van der Waals surface area contributed by atoms with E-state index in [-0.39, 0.29) is 0 Å². The Bertz CT molecular complexity index is 346. The highest BCUT2D eigenvalue weighted by Crippen LogP contribution is 2.23. The molecular weight excluding hydrogens is 244 g/mol. The van der Waals surface area contributed by atoms with Crippen LogP contribution in [-0.4, -0.2) is 38.0 Å². The van der Waals surface area contributed by atoms with Crippen molar-refractivity contribution in [3.05, 3.63) is 22.4 Å². The Kier molecular flexibility index (Phi) is 6.75. The molecule has 3 N–H and O–H groups in total. The van der Waals surface area contributed by atoms with Gasteiger partial charge in [-0.1, -0.05) is 19.4 Å². The molecule has 4 nitrogen and oxygen atoms in total. The monoisotopic (exact) mass is 268 g/mol. The lowest BCUT2D eigenvalue weighted by Gasteiger charge is -2.21. The van der Waals surface area contributed by atoms with Gasteiger partial charge in [-0.05, 0) is 32.0 Å². The molecule has 0 aliphatic heterocycles. The SMILES string of the molecule is CCCCNC(N)=NCC(c1cccs1)N(C)C. The van der Waals surface area contributed by atoms with E-state index < -0.39 is 0 Å². The van der Waals surface area contributed by atoms with Crippen LogP contribution in [0.3, 0.4) is 0 Å². The second-order valence-corrected chi connectivity index (χ2v) is 5.48. The summed E-state index contributed by atoms with van der Waals surface area (Å²) in [5.41, 5.74) is 5.84. The summed E-state index contributed by atoms with van der Waals surface area (Å²) in [4.78, 5) is 7.92. The van der Waals surface area contributed by atoms with Crippen LogP contribution in [0, 0.1) is 0 Å². The van der Waals surface area contributed by atoms with Crippen molar-refractivity contribution in [2.75, 3.05) is 27.2 Å². The van der Waals surface area contributed by atoms with Crippen molar-refractivity contribution in [3.63, 3.8) is 0 Å². The number of thiophene rings is 1. The number of hydrogen-bond donors (Lipinski definition) is 2. The number of guanidine groups is 1. The molecule has 0 saturated heterocycles. The number of likely N-dealkylation sites (N-methyl/N-ethyl adjacent to an activating group) is 1. The molecule has 0 saturated carbocycles. The van der Waals surface area contributed by atoms with Crippen LogP contribution in [-0.2, 0) is 0 Å². The summed E-state index contributed by atoms with van der Waals surface area (Å²) in [6, 6.07) is 4.52. The van der Waals surface area contributed by atoms with Gasteiger partial charge in [0.25, 0.3) is 0 Å². The van der Waals surface area contributed by atoms with Crippen LogP contribution in [0.25, 0.3) is 0 Å². The first-order valence-corrected chi connectivity index (χ1v) is 7.26. The number of nitrogens with two attached hydrogens (primary N) is 1. The lowest BCUT2D eigenvalue weighted by atomic mass is 10.2. The Morgan fingerprint density at radius 2 is 2.33 bits per heavy atom. The first-order chi connectivity index (χ1) is 8.65. The van der Waals surface area contributed by atoms with Gasteiger partial charge in [-0.15, -0.1) is 11.3 Å². The minimum atomic E-state index is 0.302. The fourth-order valence-electron chi connectivity index (χ4n) is 1.62. The van der Waals surface area contributed by atoms with Gasteiger partial charge in [0, 0.05) is 11.4 Å². The highest BCUT2D eigenvalue weighted by atomic mass is 32.1. The predicted octanol–water partition coefficient (Wildman–Crippen LogP) is 2.06. The van der Waals surface area contributed by atoms with E-state index in [0.29, 0.717) is 18.5 Å². The molecule has 102 valence electrons. The van der Waals surface area contributed by atoms with Crippen molar-refractivity contribution in [3.8, 4) is 0 Å². The van der Waals surface area contributed by atoms with E-state index in [1.165, 1.54) is 4.88 Å². The summed E-state index contributed by atoms with van der Waals surface area (Å²) in [5, 5.41) is 5.23. The molecular formula is C13H24N4S. The van der Waals surface area contributed by atoms with Gasteiger partial charge in [-0.25, -0.2) is 0 Å². The van der Waals surface area contributed by atoms with E-state index in [9.17, 15) is 0 Å². The van der Waals surface area contributed by atoms with Crippen molar-refractivity contribution in [2.45, 2.75) is 25.8 Å². The van der Waals surface area contributed by atoms with Gasteiger partial charge in [-0.3, -0.25) is 4.99 Å². The van der Waals surface area contributed by atoms with Crippen LogP contribution < -0.4 is 11.1 Å². The average Bonchev–Trinajstić information content (AvgIpc) is 2.83. The molecule has 0 spiro atoms. The molecule has 0 fully saturated rings. The molecule has 1 aromatic rings.